The highest BCUT2D eigenvalue weighted by molar-refractivity contribution is 7.92. The predicted octanol–water partition coefficient (Wildman–Crippen LogP) is 3.91. The van der Waals surface area contributed by atoms with Crippen molar-refractivity contribution in [3.05, 3.63) is 53.9 Å². The first-order valence-corrected chi connectivity index (χ1v) is 11.2. The van der Waals surface area contributed by atoms with Crippen molar-refractivity contribution in [2.75, 3.05) is 13.1 Å². The van der Waals surface area contributed by atoms with Gasteiger partial charge in [0.2, 0.25) is 0 Å². The SMILES string of the molecule is CC(C)(C1CCN(C(=O)c2cncc(O)c2)CC1)S(=O)(=O)c1cccc(C(F)(F)F)c1. The van der Waals surface area contributed by atoms with Gasteiger partial charge >= 0.3 is 6.18 Å². The summed E-state index contributed by atoms with van der Waals surface area (Å²) in [5.41, 5.74) is -0.779. The molecule has 0 atom stereocenters. The fourth-order valence-electron chi connectivity index (χ4n) is 3.87. The lowest BCUT2D eigenvalue weighted by Gasteiger charge is -2.40. The summed E-state index contributed by atoms with van der Waals surface area (Å²) in [7, 11) is -4.06. The van der Waals surface area contributed by atoms with Gasteiger partial charge in [-0.25, -0.2) is 8.42 Å². The van der Waals surface area contributed by atoms with Crippen LogP contribution in [0.15, 0.2) is 47.6 Å². The first kappa shape index (κ1) is 23.1. The standard InChI is InChI=1S/C21H23F3N2O4S/c1-20(2,31(29,30)18-5-3-4-16(11-18)21(22,23)24)15-6-8-26(9-7-15)19(28)14-10-17(27)13-25-12-14/h3-5,10-13,15,27H,6-9H2,1-2H3. The highest BCUT2D eigenvalue weighted by Gasteiger charge is 2.45. The molecule has 2 heterocycles. The Labute approximate surface area is 178 Å². The van der Waals surface area contributed by atoms with E-state index in [-0.39, 0.29) is 28.0 Å². The van der Waals surface area contributed by atoms with E-state index >= 15 is 0 Å². The fourth-order valence-corrected chi connectivity index (χ4v) is 5.69. The minimum atomic E-state index is -4.64. The number of pyridine rings is 1. The fraction of sp³-hybridized carbons (Fsp3) is 0.429. The topological polar surface area (TPSA) is 87.6 Å². The van der Waals surface area contributed by atoms with Crippen molar-refractivity contribution in [1.82, 2.24) is 9.88 Å². The molecule has 1 aromatic carbocycles. The van der Waals surface area contributed by atoms with Gasteiger partial charge in [-0.05, 0) is 56.9 Å². The van der Waals surface area contributed by atoms with E-state index in [0.29, 0.717) is 32.0 Å². The van der Waals surface area contributed by atoms with Crippen LogP contribution in [0.1, 0.15) is 42.6 Å². The average molecular weight is 456 g/mol. The molecular formula is C21H23F3N2O4S. The second-order valence-electron chi connectivity index (χ2n) is 8.13. The monoisotopic (exact) mass is 456 g/mol. The summed E-state index contributed by atoms with van der Waals surface area (Å²) in [4.78, 5) is 17.6. The van der Waals surface area contributed by atoms with Crippen LogP contribution in [0.5, 0.6) is 5.75 Å². The minimum absolute atomic E-state index is 0.131. The van der Waals surface area contributed by atoms with Crippen LogP contribution in [-0.4, -0.2) is 47.2 Å². The molecule has 2 aromatic rings. The van der Waals surface area contributed by atoms with Crippen LogP contribution >= 0.6 is 0 Å². The number of sulfone groups is 1. The molecule has 168 valence electrons. The van der Waals surface area contributed by atoms with Crippen LogP contribution in [0.25, 0.3) is 0 Å². The maximum absolute atomic E-state index is 13.2. The van der Waals surface area contributed by atoms with Crippen molar-refractivity contribution in [3.8, 4) is 5.75 Å². The van der Waals surface area contributed by atoms with E-state index in [9.17, 15) is 31.5 Å². The van der Waals surface area contributed by atoms with E-state index in [1.165, 1.54) is 38.4 Å². The number of amides is 1. The number of benzene rings is 1. The van der Waals surface area contributed by atoms with Crippen LogP contribution in [0.3, 0.4) is 0 Å². The summed E-state index contributed by atoms with van der Waals surface area (Å²) in [5, 5.41) is 9.51. The Kier molecular flexibility index (Phi) is 6.05. The van der Waals surface area contributed by atoms with E-state index in [2.05, 4.69) is 4.98 Å². The summed E-state index contributed by atoms with van der Waals surface area (Å²) < 4.78 is 64.2. The molecule has 1 fully saturated rings. The molecule has 6 nitrogen and oxygen atoms in total. The lowest BCUT2D eigenvalue weighted by Crippen LogP contribution is -2.47. The molecular weight excluding hydrogens is 433 g/mol. The highest BCUT2D eigenvalue weighted by Crippen LogP contribution is 2.39. The average Bonchev–Trinajstić information content (AvgIpc) is 2.72. The van der Waals surface area contributed by atoms with E-state index in [1.807, 2.05) is 0 Å². The zero-order valence-corrected chi connectivity index (χ0v) is 17.9. The molecule has 1 N–H and O–H groups in total. The van der Waals surface area contributed by atoms with E-state index in [1.54, 1.807) is 4.90 Å². The van der Waals surface area contributed by atoms with Crippen LogP contribution in [0.2, 0.25) is 0 Å². The van der Waals surface area contributed by atoms with Gasteiger partial charge in [0.15, 0.2) is 9.84 Å². The number of alkyl halides is 3. The maximum atomic E-state index is 13.2. The number of rotatable bonds is 4. The zero-order chi connectivity index (χ0) is 23.0. The molecule has 0 bridgehead atoms. The number of carbonyl (C=O) groups excluding carboxylic acids is 1. The molecule has 0 radical (unpaired) electrons. The van der Waals surface area contributed by atoms with Crippen molar-refractivity contribution in [1.29, 1.82) is 0 Å². The molecule has 3 rings (SSSR count). The summed E-state index contributed by atoms with van der Waals surface area (Å²) in [6.07, 6.45) is -1.32. The first-order valence-electron chi connectivity index (χ1n) is 9.69. The minimum Gasteiger partial charge on any atom is -0.506 e. The third kappa shape index (κ3) is 4.53. The Balaban J connectivity index is 1.77. The quantitative estimate of drug-likeness (QED) is 0.754. The van der Waals surface area contributed by atoms with Crippen LogP contribution in [0.4, 0.5) is 13.2 Å². The van der Waals surface area contributed by atoms with Crippen LogP contribution in [0, 0.1) is 5.92 Å². The number of likely N-dealkylation sites (tertiary alicyclic amines) is 1. The summed E-state index contributed by atoms with van der Waals surface area (Å²) in [6.45, 7) is 3.62. The van der Waals surface area contributed by atoms with Crippen LogP contribution in [-0.2, 0) is 16.0 Å². The summed E-state index contributed by atoms with van der Waals surface area (Å²) in [6, 6.07) is 5.09. The van der Waals surface area contributed by atoms with Gasteiger partial charge in [-0.3, -0.25) is 9.78 Å². The Morgan fingerprint density at radius 1 is 1.13 bits per heavy atom. The molecule has 31 heavy (non-hydrogen) atoms. The van der Waals surface area contributed by atoms with Gasteiger partial charge in [0.05, 0.1) is 27.0 Å². The largest absolute Gasteiger partial charge is 0.506 e. The van der Waals surface area contributed by atoms with Crippen molar-refractivity contribution in [2.45, 2.75) is 42.5 Å². The lowest BCUT2D eigenvalue weighted by atomic mass is 9.85. The molecule has 1 amide bonds. The van der Waals surface area contributed by atoms with Gasteiger partial charge in [-0.15, -0.1) is 0 Å². The van der Waals surface area contributed by atoms with Gasteiger partial charge in [-0.2, -0.15) is 13.2 Å². The van der Waals surface area contributed by atoms with Crippen molar-refractivity contribution >= 4 is 15.7 Å². The third-order valence-corrected chi connectivity index (χ3v) is 8.49. The predicted molar refractivity (Wildman–Crippen MR) is 107 cm³/mol. The smallest absolute Gasteiger partial charge is 0.416 e. The molecule has 0 aliphatic carbocycles. The van der Waals surface area contributed by atoms with Crippen molar-refractivity contribution in [2.24, 2.45) is 5.92 Å². The molecule has 1 aromatic heterocycles. The zero-order valence-electron chi connectivity index (χ0n) is 17.1. The second kappa shape index (κ2) is 8.14. The second-order valence-corrected chi connectivity index (χ2v) is 10.7. The van der Waals surface area contributed by atoms with Gasteiger partial charge in [0.25, 0.3) is 5.91 Å². The van der Waals surface area contributed by atoms with Gasteiger partial charge in [0.1, 0.15) is 5.75 Å². The first-order chi connectivity index (χ1) is 14.3. The number of aromatic hydroxyl groups is 1. The number of piperidine rings is 1. The molecule has 1 saturated heterocycles. The number of aromatic nitrogens is 1. The molecule has 0 unspecified atom stereocenters. The molecule has 1 aliphatic heterocycles. The normalized spacial score (nSPS) is 16.4. The van der Waals surface area contributed by atoms with Gasteiger partial charge in [-0.1, -0.05) is 6.07 Å². The van der Waals surface area contributed by atoms with Gasteiger partial charge in [0, 0.05) is 19.3 Å². The Bertz CT molecular complexity index is 1080. The summed E-state index contributed by atoms with van der Waals surface area (Å²) in [5.74, 6) is -0.798. The van der Waals surface area contributed by atoms with Crippen molar-refractivity contribution < 1.29 is 31.5 Å². The Morgan fingerprint density at radius 2 is 1.77 bits per heavy atom. The maximum Gasteiger partial charge on any atom is 0.416 e. The van der Waals surface area contributed by atoms with Gasteiger partial charge < -0.3 is 10.0 Å². The van der Waals surface area contributed by atoms with E-state index < -0.39 is 26.3 Å². The number of carbonyl (C=O) groups is 1. The number of halogens is 3. The number of hydrogen-bond acceptors (Lipinski definition) is 5. The van der Waals surface area contributed by atoms with E-state index in [4.69, 9.17) is 0 Å². The Morgan fingerprint density at radius 3 is 2.35 bits per heavy atom. The molecule has 0 spiro atoms. The van der Waals surface area contributed by atoms with Crippen molar-refractivity contribution in [3.63, 3.8) is 0 Å². The third-order valence-electron chi connectivity index (χ3n) is 5.90. The number of hydrogen-bond donors (Lipinski definition) is 1. The summed E-state index contributed by atoms with van der Waals surface area (Å²) >= 11 is 0. The van der Waals surface area contributed by atoms with Crippen LogP contribution < -0.4 is 0 Å². The van der Waals surface area contributed by atoms with E-state index in [0.717, 1.165) is 12.1 Å². The molecule has 0 saturated carbocycles. The lowest BCUT2D eigenvalue weighted by molar-refractivity contribution is -0.137. The molecule has 1 aliphatic rings. The number of nitrogens with zero attached hydrogens (tertiary/aromatic N) is 2. The Hall–Kier alpha value is -2.62. The highest BCUT2D eigenvalue weighted by atomic mass is 32.2. The molecule has 10 heteroatoms.